The number of carbonyl (C=O) groups is 1. The van der Waals surface area contributed by atoms with Gasteiger partial charge in [-0.3, -0.25) is 14.9 Å². The van der Waals surface area contributed by atoms with Gasteiger partial charge in [-0.05, 0) is 12.5 Å². The fraction of sp³-hybridized carbons (Fsp3) is 0.364. The second kappa shape index (κ2) is 4.40. The number of nitro benzene ring substituents is 1. The first-order chi connectivity index (χ1) is 8.09. The van der Waals surface area contributed by atoms with Crippen LogP contribution in [-0.2, 0) is 4.79 Å². The van der Waals surface area contributed by atoms with Crippen LogP contribution < -0.4 is 5.32 Å². The Morgan fingerprint density at radius 3 is 2.76 bits per heavy atom. The molecule has 0 saturated carbocycles. The van der Waals surface area contributed by atoms with Crippen molar-refractivity contribution in [2.75, 3.05) is 18.9 Å². The zero-order chi connectivity index (χ0) is 12.4. The number of benzene rings is 1. The zero-order valence-electron chi connectivity index (χ0n) is 9.42. The van der Waals surface area contributed by atoms with Gasteiger partial charge in [0.15, 0.2) is 0 Å². The van der Waals surface area contributed by atoms with E-state index in [1.165, 1.54) is 6.07 Å². The Hall–Kier alpha value is -2.11. The minimum atomic E-state index is -0.453. The van der Waals surface area contributed by atoms with E-state index in [9.17, 15) is 14.9 Å². The molecule has 1 unspecified atom stereocenters. The Kier molecular flexibility index (Phi) is 2.95. The molecule has 1 aliphatic rings. The van der Waals surface area contributed by atoms with Crippen molar-refractivity contribution in [2.24, 2.45) is 0 Å². The molecule has 2 rings (SSSR count). The highest BCUT2D eigenvalue weighted by Crippen LogP contribution is 2.25. The van der Waals surface area contributed by atoms with E-state index < -0.39 is 4.92 Å². The monoisotopic (exact) mass is 235 g/mol. The summed E-state index contributed by atoms with van der Waals surface area (Å²) in [6, 6.07) is 5.99. The van der Waals surface area contributed by atoms with E-state index >= 15 is 0 Å². The van der Waals surface area contributed by atoms with Crippen molar-refractivity contribution >= 4 is 17.3 Å². The van der Waals surface area contributed by atoms with Crippen molar-refractivity contribution in [3.63, 3.8) is 0 Å². The molecule has 1 aliphatic heterocycles. The van der Waals surface area contributed by atoms with Gasteiger partial charge in [-0.15, -0.1) is 0 Å². The number of para-hydroxylation sites is 2. The van der Waals surface area contributed by atoms with Crippen molar-refractivity contribution in [2.45, 2.75) is 12.5 Å². The van der Waals surface area contributed by atoms with Crippen LogP contribution in [0.5, 0.6) is 0 Å². The van der Waals surface area contributed by atoms with Crippen molar-refractivity contribution in [1.82, 2.24) is 4.90 Å². The predicted octanol–water partition coefficient (Wildman–Crippen LogP) is 1.24. The first-order valence-corrected chi connectivity index (χ1v) is 5.34. The molecule has 1 aromatic rings. The number of anilines is 1. The fourth-order valence-corrected chi connectivity index (χ4v) is 1.90. The molecule has 0 radical (unpaired) electrons. The van der Waals surface area contributed by atoms with E-state index in [2.05, 4.69) is 5.32 Å². The number of likely N-dealkylation sites (tertiary alicyclic amines) is 1. The van der Waals surface area contributed by atoms with Gasteiger partial charge in [-0.2, -0.15) is 0 Å². The molecule has 0 aromatic heterocycles. The normalized spacial score (nSPS) is 19.5. The quantitative estimate of drug-likeness (QED) is 0.631. The molecule has 1 aromatic carbocycles. The average molecular weight is 235 g/mol. The topological polar surface area (TPSA) is 75.5 Å². The summed E-state index contributed by atoms with van der Waals surface area (Å²) in [6.45, 7) is 0.678. The van der Waals surface area contributed by atoms with Crippen molar-refractivity contribution in [3.8, 4) is 0 Å². The van der Waals surface area contributed by atoms with E-state index in [1.54, 1.807) is 30.1 Å². The molecule has 1 saturated heterocycles. The molecule has 0 aliphatic carbocycles. The van der Waals surface area contributed by atoms with Gasteiger partial charge >= 0.3 is 0 Å². The summed E-state index contributed by atoms with van der Waals surface area (Å²) in [4.78, 5) is 23.7. The number of hydrogen-bond acceptors (Lipinski definition) is 4. The Bertz CT molecular complexity index is 461. The highest BCUT2D eigenvalue weighted by molar-refractivity contribution is 5.87. The molecule has 6 heteroatoms. The molecule has 1 heterocycles. The maximum absolute atomic E-state index is 11.7. The number of hydrogen-bond donors (Lipinski definition) is 1. The molecule has 1 fully saturated rings. The van der Waals surface area contributed by atoms with Gasteiger partial charge in [-0.1, -0.05) is 12.1 Å². The third-order valence-electron chi connectivity index (χ3n) is 2.86. The standard InChI is InChI=1S/C11H13N3O3/c1-13-7-6-9(11(13)15)12-8-4-2-3-5-10(8)14(16)17/h2-5,9,12H,6-7H2,1H3. The third kappa shape index (κ3) is 2.20. The lowest BCUT2D eigenvalue weighted by molar-refractivity contribution is -0.384. The van der Waals surface area contributed by atoms with Crippen LogP contribution in [0.1, 0.15) is 6.42 Å². The second-order valence-corrected chi connectivity index (χ2v) is 4.02. The molecule has 90 valence electrons. The van der Waals surface area contributed by atoms with Gasteiger partial charge in [0.2, 0.25) is 5.91 Å². The fourth-order valence-electron chi connectivity index (χ4n) is 1.90. The van der Waals surface area contributed by atoms with Crippen molar-refractivity contribution in [3.05, 3.63) is 34.4 Å². The van der Waals surface area contributed by atoms with Crippen molar-refractivity contribution in [1.29, 1.82) is 0 Å². The molecule has 6 nitrogen and oxygen atoms in total. The van der Waals surface area contributed by atoms with E-state index in [0.29, 0.717) is 18.7 Å². The summed E-state index contributed by atoms with van der Waals surface area (Å²) in [6.07, 6.45) is 0.668. The molecule has 17 heavy (non-hydrogen) atoms. The van der Waals surface area contributed by atoms with Gasteiger partial charge in [-0.25, -0.2) is 0 Å². The van der Waals surface area contributed by atoms with Crippen LogP contribution in [0.15, 0.2) is 24.3 Å². The summed E-state index contributed by atoms with van der Waals surface area (Å²) in [7, 11) is 1.73. The third-order valence-corrected chi connectivity index (χ3v) is 2.86. The Labute approximate surface area is 98.4 Å². The Morgan fingerprint density at radius 2 is 2.18 bits per heavy atom. The summed E-state index contributed by atoms with van der Waals surface area (Å²) >= 11 is 0. The minimum absolute atomic E-state index is 0.00477. The number of nitrogens with one attached hydrogen (secondary N) is 1. The molecule has 1 amide bonds. The van der Waals surface area contributed by atoms with E-state index in [1.807, 2.05) is 0 Å². The SMILES string of the molecule is CN1CCC(Nc2ccccc2[N+](=O)[O-])C1=O. The number of amides is 1. The predicted molar refractivity (Wildman–Crippen MR) is 62.8 cm³/mol. The smallest absolute Gasteiger partial charge is 0.292 e. The highest BCUT2D eigenvalue weighted by Gasteiger charge is 2.30. The van der Waals surface area contributed by atoms with E-state index in [0.717, 1.165) is 0 Å². The van der Waals surface area contributed by atoms with Crippen LogP contribution in [0.4, 0.5) is 11.4 Å². The van der Waals surface area contributed by atoms with Crippen molar-refractivity contribution < 1.29 is 9.72 Å². The average Bonchev–Trinajstić information content (AvgIpc) is 2.61. The van der Waals surface area contributed by atoms with Gasteiger partial charge < -0.3 is 10.2 Å². The first kappa shape index (κ1) is 11.4. The van der Waals surface area contributed by atoms with Crippen LogP contribution in [0, 0.1) is 10.1 Å². The maximum Gasteiger partial charge on any atom is 0.292 e. The van der Waals surface area contributed by atoms with E-state index in [-0.39, 0.29) is 17.6 Å². The lowest BCUT2D eigenvalue weighted by Crippen LogP contribution is -2.31. The maximum atomic E-state index is 11.7. The number of nitrogens with zero attached hydrogens (tertiary/aromatic N) is 2. The zero-order valence-corrected chi connectivity index (χ0v) is 9.42. The molecule has 0 bridgehead atoms. The van der Waals surface area contributed by atoms with Crippen LogP contribution in [-0.4, -0.2) is 35.4 Å². The lowest BCUT2D eigenvalue weighted by atomic mass is 10.2. The van der Waals surface area contributed by atoms with Crippen LogP contribution in [0.25, 0.3) is 0 Å². The van der Waals surface area contributed by atoms with E-state index in [4.69, 9.17) is 0 Å². The highest BCUT2D eigenvalue weighted by atomic mass is 16.6. The molecular formula is C11H13N3O3. The van der Waals surface area contributed by atoms with Gasteiger partial charge in [0.25, 0.3) is 5.69 Å². The molecule has 0 spiro atoms. The molecule has 1 atom stereocenters. The van der Waals surface area contributed by atoms with Crippen LogP contribution >= 0.6 is 0 Å². The number of likely N-dealkylation sites (N-methyl/N-ethyl adjacent to an activating group) is 1. The van der Waals surface area contributed by atoms with Crippen LogP contribution in [0.3, 0.4) is 0 Å². The second-order valence-electron chi connectivity index (χ2n) is 4.02. The Balaban J connectivity index is 2.19. The van der Waals surface area contributed by atoms with Gasteiger partial charge in [0.05, 0.1) is 4.92 Å². The number of carbonyl (C=O) groups excluding carboxylic acids is 1. The number of rotatable bonds is 3. The summed E-state index contributed by atoms with van der Waals surface area (Å²) < 4.78 is 0. The molecular weight excluding hydrogens is 222 g/mol. The summed E-state index contributed by atoms with van der Waals surface area (Å²) in [5, 5.41) is 13.7. The largest absolute Gasteiger partial charge is 0.368 e. The first-order valence-electron chi connectivity index (χ1n) is 5.34. The van der Waals surface area contributed by atoms with Gasteiger partial charge in [0, 0.05) is 19.7 Å². The minimum Gasteiger partial charge on any atom is -0.368 e. The summed E-state index contributed by atoms with van der Waals surface area (Å²) in [5.41, 5.74) is 0.390. The van der Waals surface area contributed by atoms with Gasteiger partial charge in [0.1, 0.15) is 11.7 Å². The Morgan fingerprint density at radius 1 is 1.47 bits per heavy atom. The molecule has 1 N–H and O–H groups in total. The lowest BCUT2D eigenvalue weighted by Gasteiger charge is -2.13. The summed E-state index contributed by atoms with van der Waals surface area (Å²) in [5.74, 6) is -0.0249. The number of nitro groups is 1. The van der Waals surface area contributed by atoms with Crippen LogP contribution in [0.2, 0.25) is 0 Å².